The summed E-state index contributed by atoms with van der Waals surface area (Å²) < 4.78 is 13.6. The molecule has 6 nitrogen and oxygen atoms in total. The molecule has 1 unspecified atom stereocenters. The van der Waals surface area contributed by atoms with E-state index in [0.717, 1.165) is 29.5 Å². The molecule has 0 bridgehead atoms. The van der Waals surface area contributed by atoms with Crippen LogP contribution in [0.25, 0.3) is 0 Å². The van der Waals surface area contributed by atoms with Gasteiger partial charge in [-0.2, -0.15) is 0 Å². The summed E-state index contributed by atoms with van der Waals surface area (Å²) in [6.07, 6.45) is 0.961. The van der Waals surface area contributed by atoms with Gasteiger partial charge in [-0.25, -0.2) is 0 Å². The Balaban J connectivity index is 1.60. The minimum atomic E-state index is 0.203. The molecule has 0 saturated heterocycles. The Morgan fingerprint density at radius 3 is 2.61 bits per heavy atom. The fraction of sp³-hybridized carbons (Fsp3) is 0.391. The summed E-state index contributed by atoms with van der Waals surface area (Å²) in [5, 5.41) is 10.6. The highest BCUT2D eigenvalue weighted by atomic mass is 35.5. The number of benzene rings is 2. The Morgan fingerprint density at radius 2 is 1.87 bits per heavy atom. The molecule has 0 saturated carbocycles. The van der Waals surface area contributed by atoms with Crippen LogP contribution in [0.5, 0.6) is 11.5 Å². The summed E-state index contributed by atoms with van der Waals surface area (Å²) in [5.74, 6) is 3.04. The van der Waals surface area contributed by atoms with Crippen LogP contribution >= 0.6 is 23.4 Å². The van der Waals surface area contributed by atoms with Gasteiger partial charge in [-0.1, -0.05) is 60.6 Å². The Hall–Kier alpha value is -2.22. The van der Waals surface area contributed by atoms with Gasteiger partial charge in [0.25, 0.3) is 0 Å². The second-order valence-electron chi connectivity index (χ2n) is 7.69. The zero-order chi connectivity index (χ0) is 21.8. The van der Waals surface area contributed by atoms with Crippen LogP contribution < -0.4 is 9.47 Å². The van der Waals surface area contributed by atoms with Gasteiger partial charge >= 0.3 is 0 Å². The summed E-state index contributed by atoms with van der Waals surface area (Å²) in [6, 6.07) is 14.6. The topological polar surface area (TPSA) is 52.4 Å². The second kappa shape index (κ2) is 9.94. The van der Waals surface area contributed by atoms with Crippen molar-refractivity contribution in [3.8, 4) is 11.5 Å². The Bertz CT molecular complexity index is 1030. The van der Waals surface area contributed by atoms with Crippen molar-refractivity contribution < 1.29 is 9.47 Å². The van der Waals surface area contributed by atoms with Crippen molar-refractivity contribution in [1.29, 1.82) is 0 Å². The van der Waals surface area contributed by atoms with Gasteiger partial charge in [-0.3, -0.25) is 4.90 Å². The number of ether oxygens (including phenoxy) is 2. The smallest absolute Gasteiger partial charge is 0.191 e. The molecule has 0 amide bonds. The molecule has 0 fully saturated rings. The minimum absolute atomic E-state index is 0.203. The molecule has 31 heavy (non-hydrogen) atoms. The van der Waals surface area contributed by atoms with Crippen LogP contribution in [-0.4, -0.2) is 47.0 Å². The lowest BCUT2D eigenvalue weighted by Crippen LogP contribution is -2.23. The third-order valence-corrected chi connectivity index (χ3v) is 6.58. The number of hydrogen-bond donors (Lipinski definition) is 0. The summed E-state index contributed by atoms with van der Waals surface area (Å²) in [5.41, 5.74) is 2.29. The lowest BCUT2D eigenvalue weighted by atomic mass is 10.2. The monoisotopic (exact) mass is 458 g/mol. The van der Waals surface area contributed by atoms with Gasteiger partial charge in [0.2, 0.25) is 0 Å². The van der Waals surface area contributed by atoms with Gasteiger partial charge in [0, 0.05) is 5.75 Å². The maximum absolute atomic E-state index is 6.41. The molecular formula is C23H27ClN4O2S. The average Bonchev–Trinajstić information content (AvgIpc) is 3.15. The first-order valence-electron chi connectivity index (χ1n) is 10.4. The fourth-order valence-electron chi connectivity index (χ4n) is 3.74. The minimum Gasteiger partial charge on any atom is -0.486 e. The van der Waals surface area contributed by atoms with E-state index in [4.69, 9.17) is 21.1 Å². The van der Waals surface area contributed by atoms with Gasteiger partial charge in [0.05, 0.1) is 17.6 Å². The molecule has 0 N–H and O–H groups in total. The van der Waals surface area contributed by atoms with Gasteiger partial charge < -0.3 is 14.0 Å². The van der Waals surface area contributed by atoms with Crippen LogP contribution in [0.1, 0.15) is 36.3 Å². The highest BCUT2D eigenvalue weighted by molar-refractivity contribution is 7.98. The van der Waals surface area contributed by atoms with E-state index in [0.29, 0.717) is 35.5 Å². The highest BCUT2D eigenvalue weighted by Crippen LogP contribution is 2.39. The van der Waals surface area contributed by atoms with Gasteiger partial charge in [0.1, 0.15) is 13.2 Å². The van der Waals surface area contributed by atoms with E-state index in [2.05, 4.69) is 64.9 Å². The summed E-state index contributed by atoms with van der Waals surface area (Å²) >= 11 is 8.07. The average molecular weight is 459 g/mol. The molecule has 0 spiro atoms. The highest BCUT2D eigenvalue weighted by Gasteiger charge is 2.23. The largest absolute Gasteiger partial charge is 0.486 e. The molecule has 4 rings (SSSR count). The molecule has 8 heteroatoms. The molecule has 1 aliphatic heterocycles. The van der Waals surface area contributed by atoms with Crippen LogP contribution in [0, 0.1) is 0 Å². The van der Waals surface area contributed by atoms with Crippen molar-refractivity contribution in [2.75, 3.05) is 27.3 Å². The van der Waals surface area contributed by atoms with Crippen LogP contribution in [0.4, 0.5) is 0 Å². The molecule has 1 aromatic heterocycles. The van der Waals surface area contributed by atoms with Crippen LogP contribution in [-0.2, 0) is 12.3 Å². The molecule has 2 aromatic carbocycles. The van der Waals surface area contributed by atoms with Crippen molar-refractivity contribution in [3.63, 3.8) is 0 Å². The number of rotatable bonds is 8. The maximum Gasteiger partial charge on any atom is 0.191 e. The van der Waals surface area contributed by atoms with Crippen molar-refractivity contribution >= 4 is 23.4 Å². The molecule has 1 atom stereocenters. The first kappa shape index (κ1) is 22.0. The normalized spacial score (nSPS) is 14.1. The second-order valence-corrected chi connectivity index (χ2v) is 9.04. The quantitative estimate of drug-likeness (QED) is 0.440. The standard InChI is InChI=1S/C23H27ClN4O2S/c1-4-19(27(2)3)22-25-26-23(28(22)14-16-8-6-5-7-9-16)31-15-17-12-18(24)21-20(13-17)29-10-11-30-21/h5-9,12-13,19H,4,10-11,14-15H2,1-3H3. The van der Waals surface area contributed by atoms with Crippen molar-refractivity contribution in [2.24, 2.45) is 0 Å². The predicted molar refractivity (Wildman–Crippen MR) is 124 cm³/mol. The maximum atomic E-state index is 6.41. The van der Waals surface area contributed by atoms with Crippen molar-refractivity contribution in [3.05, 3.63) is 64.4 Å². The van der Waals surface area contributed by atoms with Crippen LogP contribution in [0.2, 0.25) is 5.02 Å². The van der Waals surface area contributed by atoms with Crippen molar-refractivity contribution in [1.82, 2.24) is 19.7 Å². The molecule has 2 heterocycles. The molecule has 1 aliphatic rings. The molecule has 164 valence electrons. The fourth-order valence-corrected chi connectivity index (χ4v) is 4.90. The number of nitrogens with zero attached hydrogens (tertiary/aromatic N) is 4. The number of halogens is 1. The number of aromatic nitrogens is 3. The van der Waals surface area contributed by atoms with Crippen LogP contribution in [0.3, 0.4) is 0 Å². The molecular weight excluding hydrogens is 432 g/mol. The van der Waals surface area contributed by atoms with E-state index in [9.17, 15) is 0 Å². The lowest BCUT2D eigenvalue weighted by molar-refractivity contribution is 0.171. The third-order valence-electron chi connectivity index (χ3n) is 5.26. The SMILES string of the molecule is CCC(c1nnc(SCc2cc(Cl)c3c(c2)OCCO3)n1Cc1ccccc1)N(C)C. The predicted octanol–water partition coefficient (Wildman–Crippen LogP) is 5.06. The zero-order valence-electron chi connectivity index (χ0n) is 18.0. The summed E-state index contributed by atoms with van der Waals surface area (Å²) in [6.45, 7) is 3.97. The van der Waals surface area contributed by atoms with Crippen molar-refractivity contribution in [2.45, 2.75) is 36.8 Å². The van der Waals surface area contributed by atoms with Gasteiger partial charge in [-0.05, 0) is 43.8 Å². The first-order valence-corrected chi connectivity index (χ1v) is 11.8. The van der Waals surface area contributed by atoms with E-state index in [1.165, 1.54) is 5.56 Å². The lowest BCUT2D eigenvalue weighted by Gasteiger charge is -2.23. The Kier molecular flexibility index (Phi) is 7.05. The zero-order valence-corrected chi connectivity index (χ0v) is 19.6. The van der Waals surface area contributed by atoms with E-state index in [-0.39, 0.29) is 6.04 Å². The molecule has 3 aromatic rings. The number of fused-ring (bicyclic) bond motifs is 1. The molecule has 0 radical (unpaired) electrons. The Morgan fingerprint density at radius 1 is 1.10 bits per heavy atom. The van der Waals surface area contributed by atoms with E-state index in [1.54, 1.807) is 11.8 Å². The molecule has 0 aliphatic carbocycles. The van der Waals surface area contributed by atoms with E-state index >= 15 is 0 Å². The van der Waals surface area contributed by atoms with Crippen LogP contribution in [0.15, 0.2) is 47.6 Å². The summed E-state index contributed by atoms with van der Waals surface area (Å²) in [4.78, 5) is 2.19. The number of hydrogen-bond acceptors (Lipinski definition) is 6. The van der Waals surface area contributed by atoms with E-state index in [1.807, 2.05) is 18.2 Å². The van der Waals surface area contributed by atoms with E-state index < -0.39 is 0 Å². The summed E-state index contributed by atoms with van der Waals surface area (Å²) in [7, 11) is 4.17. The van der Waals surface area contributed by atoms with Gasteiger partial charge in [-0.15, -0.1) is 10.2 Å². The Labute approximate surface area is 192 Å². The third kappa shape index (κ3) is 5.00. The number of thioether (sulfide) groups is 1. The first-order chi connectivity index (χ1) is 15.1. The van der Waals surface area contributed by atoms with Gasteiger partial charge in [0.15, 0.2) is 22.5 Å².